The summed E-state index contributed by atoms with van der Waals surface area (Å²) in [6.45, 7) is -1.48. The number of rotatable bonds is 8. The van der Waals surface area contributed by atoms with Crippen molar-refractivity contribution in [2.45, 2.75) is 36.5 Å². The molecule has 0 radical (unpaired) electrons. The molecule has 0 fully saturated rings. The minimum absolute atomic E-state index is 0.00574. The number of nitrogens with zero attached hydrogens (tertiary/aromatic N) is 1. The summed E-state index contributed by atoms with van der Waals surface area (Å²) >= 11 is 0. The van der Waals surface area contributed by atoms with E-state index in [-0.39, 0.29) is 34.0 Å². The molecule has 0 amide bonds. The van der Waals surface area contributed by atoms with Crippen molar-refractivity contribution in [1.82, 2.24) is 0 Å². The highest BCUT2D eigenvalue weighted by Crippen LogP contribution is 2.52. The predicted molar refractivity (Wildman–Crippen MR) is 118 cm³/mol. The van der Waals surface area contributed by atoms with E-state index in [2.05, 4.69) is 0 Å². The number of aliphatic hydroxyl groups excluding tert-OH is 1. The van der Waals surface area contributed by atoms with Gasteiger partial charge in [0.2, 0.25) is 0 Å². The number of benzene rings is 3. The summed E-state index contributed by atoms with van der Waals surface area (Å²) in [5, 5.41) is 9.83. The second-order valence-corrected chi connectivity index (χ2v) is 8.51. The molecule has 3 aromatic rings. The molecule has 1 N–H and O–H groups in total. The van der Waals surface area contributed by atoms with Gasteiger partial charge in [0.05, 0.1) is 17.8 Å². The lowest BCUT2D eigenvalue weighted by atomic mass is 10.0. The van der Waals surface area contributed by atoms with Crippen LogP contribution < -0.4 is 9.90 Å². The number of alkyl halides is 13. The number of aliphatic hydroxyl groups is 1. The third-order valence-corrected chi connectivity index (χ3v) is 5.54. The maximum atomic E-state index is 14.2. The molecule has 224 valence electrons. The Hall–Kier alpha value is -3.69. The zero-order valence-electron chi connectivity index (χ0n) is 19.9. The molecule has 41 heavy (non-hydrogen) atoms. The lowest BCUT2D eigenvalue weighted by Gasteiger charge is -2.30. The lowest BCUT2D eigenvalue weighted by Crippen LogP contribution is -2.50. The average Bonchev–Trinajstić information content (AvgIpc) is 2.87. The van der Waals surface area contributed by atoms with Gasteiger partial charge in [0.15, 0.2) is 11.9 Å². The fourth-order valence-corrected chi connectivity index (χ4v) is 3.41. The molecule has 0 aliphatic carbocycles. The maximum Gasteiger partial charge on any atom is 0.460 e. The molecule has 0 saturated heterocycles. The topological polar surface area (TPSA) is 32.7 Å². The molecule has 0 heterocycles. The largest absolute Gasteiger partial charge is 0.460 e. The zero-order chi connectivity index (χ0) is 31.0. The van der Waals surface area contributed by atoms with Crippen LogP contribution in [0.1, 0.15) is 11.1 Å². The van der Waals surface area contributed by atoms with Crippen molar-refractivity contribution in [1.29, 1.82) is 0 Å². The molecule has 0 spiro atoms. The van der Waals surface area contributed by atoms with Gasteiger partial charge in [0.25, 0.3) is 0 Å². The summed E-state index contributed by atoms with van der Waals surface area (Å²) in [5.41, 5.74) is -3.41. The van der Waals surface area contributed by atoms with Crippen LogP contribution in [-0.4, -0.2) is 36.0 Å². The Morgan fingerprint density at radius 2 is 1.20 bits per heavy atom. The van der Waals surface area contributed by atoms with Gasteiger partial charge in [-0.2, -0.15) is 57.1 Å². The second-order valence-electron chi connectivity index (χ2n) is 8.51. The number of anilines is 1. The SMILES string of the molecule is OC(CN(Oc1cccc(C(F)(F)C(F)(F)C(F)(F)F)c1)c1cccc(-c2cccc(C(F)(F)F)c2)c1)C(F)(F)F. The third kappa shape index (κ3) is 6.97. The van der Waals surface area contributed by atoms with E-state index in [0.717, 1.165) is 42.5 Å². The lowest BCUT2D eigenvalue weighted by molar-refractivity contribution is -0.359. The van der Waals surface area contributed by atoms with Gasteiger partial charge >= 0.3 is 30.4 Å². The Morgan fingerprint density at radius 3 is 1.76 bits per heavy atom. The van der Waals surface area contributed by atoms with Gasteiger partial charge in [0.1, 0.15) is 0 Å². The monoisotopic (exact) mass is 609 g/mol. The minimum atomic E-state index is -6.67. The van der Waals surface area contributed by atoms with Gasteiger partial charge in [-0.25, -0.2) is 5.06 Å². The fourth-order valence-electron chi connectivity index (χ4n) is 3.41. The van der Waals surface area contributed by atoms with E-state index >= 15 is 0 Å². The van der Waals surface area contributed by atoms with Crippen LogP contribution >= 0.6 is 0 Å². The Kier molecular flexibility index (Phi) is 8.50. The molecule has 0 aliphatic heterocycles. The highest BCUT2D eigenvalue weighted by atomic mass is 19.4. The van der Waals surface area contributed by atoms with Gasteiger partial charge in [-0.3, -0.25) is 0 Å². The molecule has 3 nitrogen and oxygen atoms in total. The van der Waals surface area contributed by atoms with Crippen LogP contribution in [0.3, 0.4) is 0 Å². The summed E-state index contributed by atoms with van der Waals surface area (Å²) in [5.74, 6) is -13.3. The van der Waals surface area contributed by atoms with Crippen molar-refractivity contribution >= 4 is 5.69 Å². The van der Waals surface area contributed by atoms with Crippen molar-refractivity contribution in [2.75, 3.05) is 11.6 Å². The van der Waals surface area contributed by atoms with Crippen LogP contribution in [0, 0.1) is 0 Å². The standard InChI is InChI=1S/C25H16F13NO2/c26-21(27,24(34,35)25(36,37)38)16-6-3-9-19(12-16)41-39(13-20(40)23(31,32)33)18-8-2-5-15(11-18)14-4-1-7-17(10-14)22(28,29)30/h1-12,20,40H,13H2. The van der Waals surface area contributed by atoms with Gasteiger partial charge in [-0.1, -0.05) is 36.4 Å². The van der Waals surface area contributed by atoms with E-state index in [0.29, 0.717) is 6.07 Å². The summed E-state index contributed by atoms with van der Waals surface area (Å²) < 4.78 is 172. The second kappa shape index (κ2) is 10.9. The van der Waals surface area contributed by atoms with Crippen LogP contribution in [-0.2, 0) is 12.1 Å². The average molecular weight is 609 g/mol. The van der Waals surface area contributed by atoms with Crippen molar-refractivity contribution in [3.63, 3.8) is 0 Å². The first-order valence-electron chi connectivity index (χ1n) is 11.1. The smallest absolute Gasteiger partial charge is 0.382 e. The van der Waals surface area contributed by atoms with Crippen LogP contribution in [0.5, 0.6) is 5.75 Å². The molecule has 0 aliphatic rings. The summed E-state index contributed by atoms with van der Waals surface area (Å²) in [6, 6.07) is 9.80. The van der Waals surface area contributed by atoms with Gasteiger partial charge in [0, 0.05) is 5.56 Å². The van der Waals surface area contributed by atoms with E-state index in [9.17, 15) is 62.2 Å². The molecule has 3 aromatic carbocycles. The molecule has 1 unspecified atom stereocenters. The molecule has 0 aromatic heterocycles. The predicted octanol–water partition coefficient (Wildman–Crippen LogP) is 8.39. The first-order chi connectivity index (χ1) is 18.6. The number of hydroxylamine groups is 1. The first kappa shape index (κ1) is 31.8. The Bertz CT molecular complexity index is 1350. The highest BCUT2D eigenvalue weighted by Gasteiger charge is 2.73. The highest BCUT2D eigenvalue weighted by molar-refractivity contribution is 5.69. The quantitative estimate of drug-likeness (QED) is 0.206. The molecule has 1 atom stereocenters. The summed E-state index contributed by atoms with van der Waals surface area (Å²) in [6.07, 6.45) is -19.8. The molecule has 0 saturated carbocycles. The van der Waals surface area contributed by atoms with Crippen molar-refractivity contribution in [2.24, 2.45) is 0 Å². The van der Waals surface area contributed by atoms with Crippen LogP contribution in [0.25, 0.3) is 11.1 Å². The van der Waals surface area contributed by atoms with Gasteiger partial charge in [-0.05, 0) is 47.5 Å². The fraction of sp³-hybridized carbons (Fsp3) is 0.280. The van der Waals surface area contributed by atoms with Crippen molar-refractivity contribution in [3.05, 3.63) is 83.9 Å². The normalized spacial score (nSPS) is 14.1. The first-order valence-corrected chi connectivity index (χ1v) is 11.1. The summed E-state index contributed by atoms with van der Waals surface area (Å²) in [7, 11) is 0. The summed E-state index contributed by atoms with van der Waals surface area (Å²) in [4.78, 5) is 5.10. The molecular weight excluding hydrogens is 593 g/mol. The van der Waals surface area contributed by atoms with Crippen LogP contribution in [0.2, 0.25) is 0 Å². The van der Waals surface area contributed by atoms with E-state index in [4.69, 9.17) is 4.84 Å². The van der Waals surface area contributed by atoms with E-state index < -0.39 is 59.9 Å². The Balaban J connectivity index is 2.04. The Labute approximate surface area is 222 Å². The number of halogens is 13. The van der Waals surface area contributed by atoms with Crippen molar-refractivity contribution < 1.29 is 67.0 Å². The maximum absolute atomic E-state index is 14.2. The van der Waals surface area contributed by atoms with Crippen LogP contribution in [0.15, 0.2) is 72.8 Å². The molecular formula is C25H16F13NO2. The van der Waals surface area contributed by atoms with E-state index in [1.165, 1.54) is 12.1 Å². The Morgan fingerprint density at radius 1 is 0.659 bits per heavy atom. The number of hydrogen-bond acceptors (Lipinski definition) is 3. The third-order valence-electron chi connectivity index (χ3n) is 5.54. The van der Waals surface area contributed by atoms with E-state index in [1.54, 1.807) is 0 Å². The van der Waals surface area contributed by atoms with Crippen molar-refractivity contribution in [3.8, 4) is 16.9 Å². The van der Waals surface area contributed by atoms with Gasteiger partial charge in [-0.15, -0.1) is 0 Å². The molecule has 3 rings (SSSR count). The van der Waals surface area contributed by atoms with Crippen LogP contribution in [0.4, 0.5) is 62.8 Å². The number of hydrogen-bond donors (Lipinski definition) is 1. The minimum Gasteiger partial charge on any atom is -0.382 e. The molecule has 16 heteroatoms. The molecule has 0 bridgehead atoms. The zero-order valence-corrected chi connectivity index (χ0v) is 19.9. The van der Waals surface area contributed by atoms with E-state index in [1.807, 2.05) is 0 Å². The van der Waals surface area contributed by atoms with Gasteiger partial charge < -0.3 is 9.94 Å².